The van der Waals surface area contributed by atoms with Crippen LogP contribution in [0.5, 0.6) is 0 Å². The van der Waals surface area contributed by atoms with E-state index < -0.39 is 0 Å². The molecule has 6 heteroatoms. The van der Waals surface area contributed by atoms with Crippen LogP contribution >= 0.6 is 23.4 Å². The van der Waals surface area contributed by atoms with Crippen molar-refractivity contribution in [1.82, 2.24) is 0 Å². The highest BCUT2D eigenvalue weighted by atomic mass is 35.5. The molecule has 0 saturated carbocycles. The van der Waals surface area contributed by atoms with Crippen LogP contribution in [-0.2, 0) is 16.1 Å². The zero-order valence-corrected chi connectivity index (χ0v) is 18.2. The summed E-state index contributed by atoms with van der Waals surface area (Å²) in [6.07, 6.45) is 0. The van der Waals surface area contributed by atoms with E-state index in [1.807, 2.05) is 67.6 Å². The molecule has 0 aliphatic heterocycles. The van der Waals surface area contributed by atoms with Crippen LogP contribution in [0, 0.1) is 6.92 Å². The van der Waals surface area contributed by atoms with Gasteiger partial charge >= 0.3 is 0 Å². The van der Waals surface area contributed by atoms with Crippen molar-refractivity contribution in [2.24, 2.45) is 0 Å². The van der Waals surface area contributed by atoms with Crippen LogP contribution in [0.25, 0.3) is 0 Å². The minimum Gasteiger partial charge on any atom is -0.325 e. The summed E-state index contributed by atoms with van der Waals surface area (Å²) in [4.78, 5) is 27.0. The van der Waals surface area contributed by atoms with Crippen molar-refractivity contribution >= 4 is 46.6 Å². The molecule has 0 heterocycles. The summed E-state index contributed by atoms with van der Waals surface area (Å²) in [6, 6.07) is 24.8. The smallest absolute Gasteiger partial charge is 0.237 e. The molecule has 1 N–H and O–H groups in total. The van der Waals surface area contributed by atoms with Gasteiger partial charge in [0.05, 0.1) is 18.1 Å². The number of hydrogen-bond donors (Lipinski definition) is 1. The number of halogens is 1. The number of amides is 2. The highest BCUT2D eigenvalue weighted by Gasteiger charge is 2.17. The first-order valence-corrected chi connectivity index (χ1v) is 11.1. The Hall–Kier alpha value is -2.76. The molecule has 0 aliphatic rings. The minimum atomic E-state index is -0.146. The van der Waals surface area contributed by atoms with Crippen molar-refractivity contribution in [3.8, 4) is 0 Å². The monoisotopic (exact) mass is 438 g/mol. The van der Waals surface area contributed by atoms with Crippen LogP contribution in [0.1, 0.15) is 11.1 Å². The van der Waals surface area contributed by atoms with Crippen LogP contribution in [-0.4, -0.2) is 23.3 Å². The van der Waals surface area contributed by atoms with E-state index in [1.165, 1.54) is 11.8 Å². The quantitative estimate of drug-likeness (QED) is 0.501. The Morgan fingerprint density at radius 3 is 2.27 bits per heavy atom. The number of aryl methyl sites for hydroxylation is 1. The SMILES string of the molecule is Cc1cc(Cl)ccc1NC(=O)CSCC(=O)N(Cc1ccccc1)c1ccccc1. The van der Waals surface area contributed by atoms with Crippen molar-refractivity contribution in [3.05, 3.63) is 95.0 Å². The van der Waals surface area contributed by atoms with Crippen LogP contribution in [0.2, 0.25) is 5.02 Å². The minimum absolute atomic E-state index is 0.0365. The molecule has 0 radical (unpaired) electrons. The Morgan fingerprint density at radius 1 is 0.933 bits per heavy atom. The second-order valence-corrected chi connectivity index (χ2v) is 8.22. The van der Waals surface area contributed by atoms with Crippen LogP contribution in [0.15, 0.2) is 78.9 Å². The van der Waals surface area contributed by atoms with Gasteiger partial charge in [-0.15, -0.1) is 11.8 Å². The number of carbonyl (C=O) groups excluding carboxylic acids is 2. The summed E-state index contributed by atoms with van der Waals surface area (Å²) in [5.41, 5.74) is 3.52. The molecule has 3 aromatic carbocycles. The van der Waals surface area contributed by atoms with Crippen molar-refractivity contribution in [2.75, 3.05) is 21.7 Å². The second kappa shape index (κ2) is 10.9. The Kier molecular flexibility index (Phi) is 7.94. The van der Waals surface area contributed by atoms with Gasteiger partial charge in [-0.2, -0.15) is 0 Å². The predicted molar refractivity (Wildman–Crippen MR) is 126 cm³/mol. The van der Waals surface area contributed by atoms with E-state index in [2.05, 4.69) is 5.32 Å². The Bertz CT molecular complexity index is 997. The molecule has 3 aromatic rings. The lowest BCUT2D eigenvalue weighted by Gasteiger charge is -2.23. The highest BCUT2D eigenvalue weighted by molar-refractivity contribution is 8.00. The van der Waals surface area contributed by atoms with Gasteiger partial charge < -0.3 is 10.2 Å². The number of thioether (sulfide) groups is 1. The molecule has 30 heavy (non-hydrogen) atoms. The molecule has 3 rings (SSSR count). The molecule has 0 spiro atoms. The first kappa shape index (κ1) is 21.9. The summed E-state index contributed by atoms with van der Waals surface area (Å²) in [6.45, 7) is 2.37. The van der Waals surface area contributed by atoms with Crippen molar-refractivity contribution < 1.29 is 9.59 Å². The van der Waals surface area contributed by atoms with E-state index in [0.29, 0.717) is 11.6 Å². The molecule has 2 amide bonds. The normalized spacial score (nSPS) is 10.5. The number of nitrogens with zero attached hydrogens (tertiary/aromatic N) is 1. The third-order valence-electron chi connectivity index (χ3n) is 4.47. The van der Waals surface area contributed by atoms with Gasteiger partial charge in [-0.3, -0.25) is 9.59 Å². The van der Waals surface area contributed by atoms with E-state index in [0.717, 1.165) is 22.5 Å². The molecule has 0 atom stereocenters. The van der Waals surface area contributed by atoms with Gasteiger partial charge in [-0.05, 0) is 48.4 Å². The van der Waals surface area contributed by atoms with E-state index in [-0.39, 0.29) is 23.3 Å². The third kappa shape index (κ3) is 6.37. The molecule has 0 fully saturated rings. The van der Waals surface area contributed by atoms with Gasteiger partial charge in [0, 0.05) is 16.4 Å². The van der Waals surface area contributed by atoms with E-state index in [9.17, 15) is 9.59 Å². The number of hydrogen-bond acceptors (Lipinski definition) is 3. The molecule has 0 bridgehead atoms. The van der Waals surface area contributed by atoms with Gasteiger partial charge in [0.1, 0.15) is 0 Å². The summed E-state index contributed by atoms with van der Waals surface area (Å²) in [7, 11) is 0. The fraction of sp³-hybridized carbons (Fsp3) is 0.167. The summed E-state index contributed by atoms with van der Waals surface area (Å²) in [5.74, 6) is 0.231. The molecule has 0 aliphatic carbocycles. The fourth-order valence-electron chi connectivity index (χ4n) is 2.96. The predicted octanol–water partition coefficient (Wildman–Crippen LogP) is 5.55. The zero-order valence-electron chi connectivity index (χ0n) is 16.7. The van der Waals surface area contributed by atoms with E-state index >= 15 is 0 Å². The molecule has 0 aromatic heterocycles. The number of anilines is 2. The second-order valence-electron chi connectivity index (χ2n) is 6.80. The van der Waals surface area contributed by atoms with Crippen molar-refractivity contribution in [3.63, 3.8) is 0 Å². The van der Waals surface area contributed by atoms with Crippen molar-refractivity contribution in [1.29, 1.82) is 0 Å². The molecular weight excluding hydrogens is 416 g/mol. The fourth-order valence-corrected chi connectivity index (χ4v) is 3.88. The number of rotatable bonds is 8. The largest absolute Gasteiger partial charge is 0.325 e. The maximum Gasteiger partial charge on any atom is 0.237 e. The van der Waals surface area contributed by atoms with E-state index in [4.69, 9.17) is 11.6 Å². The topological polar surface area (TPSA) is 49.4 Å². The number of benzene rings is 3. The van der Waals surface area contributed by atoms with Crippen LogP contribution < -0.4 is 10.2 Å². The van der Waals surface area contributed by atoms with E-state index in [1.54, 1.807) is 23.1 Å². The number of nitrogens with one attached hydrogen (secondary N) is 1. The summed E-state index contributed by atoms with van der Waals surface area (Å²) >= 11 is 7.25. The average Bonchev–Trinajstić information content (AvgIpc) is 2.75. The lowest BCUT2D eigenvalue weighted by molar-refractivity contribution is -0.116. The maximum absolute atomic E-state index is 12.9. The van der Waals surface area contributed by atoms with Gasteiger partial charge in [-0.25, -0.2) is 0 Å². The van der Waals surface area contributed by atoms with Gasteiger partial charge in [-0.1, -0.05) is 60.1 Å². The average molecular weight is 439 g/mol. The molecule has 0 unspecified atom stereocenters. The highest BCUT2D eigenvalue weighted by Crippen LogP contribution is 2.21. The summed E-state index contributed by atoms with van der Waals surface area (Å²) < 4.78 is 0. The first-order valence-electron chi connectivity index (χ1n) is 9.56. The molecule has 0 saturated heterocycles. The van der Waals surface area contributed by atoms with Crippen LogP contribution in [0.3, 0.4) is 0 Å². The Morgan fingerprint density at radius 2 is 1.60 bits per heavy atom. The first-order chi connectivity index (χ1) is 14.5. The molecule has 154 valence electrons. The maximum atomic E-state index is 12.9. The zero-order chi connectivity index (χ0) is 21.3. The number of para-hydroxylation sites is 1. The Labute approximate surface area is 186 Å². The lowest BCUT2D eigenvalue weighted by Crippen LogP contribution is -2.32. The molecular formula is C24H23ClN2O2S. The summed E-state index contributed by atoms with van der Waals surface area (Å²) in [5, 5.41) is 3.50. The van der Waals surface area contributed by atoms with Gasteiger partial charge in [0.2, 0.25) is 11.8 Å². The Balaban J connectivity index is 1.58. The van der Waals surface area contributed by atoms with Crippen LogP contribution in [0.4, 0.5) is 11.4 Å². The number of carbonyl (C=O) groups is 2. The standard InChI is InChI=1S/C24H23ClN2O2S/c1-18-14-20(25)12-13-22(18)26-23(28)16-30-17-24(29)27(21-10-6-3-7-11-21)15-19-8-4-2-5-9-19/h2-14H,15-17H2,1H3,(H,26,28). The third-order valence-corrected chi connectivity index (χ3v) is 5.63. The van der Waals surface area contributed by atoms with Crippen molar-refractivity contribution in [2.45, 2.75) is 13.5 Å². The van der Waals surface area contributed by atoms with Gasteiger partial charge in [0.15, 0.2) is 0 Å². The van der Waals surface area contributed by atoms with Gasteiger partial charge in [0.25, 0.3) is 0 Å². The molecule has 4 nitrogen and oxygen atoms in total. The lowest BCUT2D eigenvalue weighted by atomic mass is 10.2.